The lowest BCUT2D eigenvalue weighted by Crippen LogP contribution is -2.42. The quantitative estimate of drug-likeness (QED) is 0.889. The first-order chi connectivity index (χ1) is 9.65. The topological polar surface area (TPSA) is 15.3 Å². The van der Waals surface area contributed by atoms with Crippen LogP contribution in [0.15, 0.2) is 6.07 Å². The van der Waals surface area contributed by atoms with Crippen LogP contribution in [0.1, 0.15) is 49.9 Å². The molecule has 0 atom stereocenters. The summed E-state index contributed by atoms with van der Waals surface area (Å²) in [6.07, 6.45) is 0. The minimum absolute atomic E-state index is 0.187. The van der Waals surface area contributed by atoms with Crippen molar-refractivity contribution in [3.8, 4) is 0 Å². The fraction of sp³-hybridized carbons (Fsp3) is 0.765. The third kappa shape index (κ3) is 5.59. The molecule has 120 valence electrons. The van der Waals surface area contributed by atoms with Gasteiger partial charge in [-0.25, -0.2) is 0 Å². The van der Waals surface area contributed by atoms with Gasteiger partial charge in [0.15, 0.2) is 0 Å². The van der Waals surface area contributed by atoms with Crippen molar-refractivity contribution >= 4 is 23.1 Å². The Morgan fingerprint density at radius 1 is 1.33 bits per heavy atom. The Bertz CT molecular complexity index is 472. The van der Waals surface area contributed by atoms with Crippen LogP contribution in [-0.2, 0) is 13.1 Å². The summed E-state index contributed by atoms with van der Waals surface area (Å²) in [5.74, 6) is 1.26. The zero-order chi connectivity index (χ0) is 15.7. The van der Waals surface area contributed by atoms with Gasteiger partial charge in [0.25, 0.3) is 0 Å². The SMILES string of the molecule is Cc1sc(CNC(C)(C)C)cc1CN1CCSC(C)(C)C1. The predicted octanol–water partition coefficient (Wildman–Crippen LogP) is 4.27. The van der Waals surface area contributed by atoms with Gasteiger partial charge in [0, 0.05) is 52.0 Å². The molecule has 0 aliphatic carbocycles. The molecule has 0 unspecified atom stereocenters. The normalized spacial score (nSPS) is 19.9. The third-order valence-corrected chi connectivity index (χ3v) is 6.15. The molecule has 0 amide bonds. The second-order valence-electron chi connectivity index (χ2n) is 7.72. The van der Waals surface area contributed by atoms with Crippen LogP contribution in [-0.4, -0.2) is 34.0 Å². The number of aryl methyl sites for hydroxylation is 1. The van der Waals surface area contributed by atoms with E-state index in [1.807, 2.05) is 11.3 Å². The van der Waals surface area contributed by atoms with Crippen molar-refractivity contribution in [2.24, 2.45) is 0 Å². The lowest BCUT2D eigenvalue weighted by molar-refractivity contribution is 0.252. The summed E-state index contributed by atoms with van der Waals surface area (Å²) in [5, 5.41) is 3.59. The van der Waals surface area contributed by atoms with E-state index in [4.69, 9.17) is 0 Å². The van der Waals surface area contributed by atoms with Crippen LogP contribution in [0, 0.1) is 6.92 Å². The zero-order valence-electron chi connectivity index (χ0n) is 14.4. The van der Waals surface area contributed by atoms with Crippen molar-refractivity contribution in [2.75, 3.05) is 18.8 Å². The van der Waals surface area contributed by atoms with Crippen LogP contribution in [0.2, 0.25) is 0 Å². The van der Waals surface area contributed by atoms with E-state index in [0.717, 1.165) is 13.1 Å². The molecule has 2 rings (SSSR count). The highest BCUT2D eigenvalue weighted by Gasteiger charge is 2.27. The molecule has 1 aromatic rings. The lowest BCUT2D eigenvalue weighted by atomic mass is 10.1. The van der Waals surface area contributed by atoms with Gasteiger partial charge in [0.2, 0.25) is 0 Å². The highest BCUT2D eigenvalue weighted by atomic mass is 32.2. The predicted molar refractivity (Wildman–Crippen MR) is 97.5 cm³/mol. The lowest BCUT2D eigenvalue weighted by Gasteiger charge is -2.37. The first-order valence-corrected chi connectivity index (χ1v) is 9.64. The second kappa shape index (κ2) is 6.61. The van der Waals surface area contributed by atoms with Crippen LogP contribution in [0.5, 0.6) is 0 Å². The first-order valence-electron chi connectivity index (χ1n) is 7.84. The molecule has 0 spiro atoms. The van der Waals surface area contributed by atoms with Crippen molar-refractivity contribution in [3.05, 3.63) is 21.4 Å². The fourth-order valence-electron chi connectivity index (χ4n) is 2.67. The van der Waals surface area contributed by atoms with E-state index < -0.39 is 0 Å². The maximum atomic E-state index is 3.59. The summed E-state index contributed by atoms with van der Waals surface area (Å²) in [6.45, 7) is 18.2. The molecule has 4 heteroatoms. The Morgan fingerprint density at radius 3 is 2.67 bits per heavy atom. The Balaban J connectivity index is 1.96. The summed E-state index contributed by atoms with van der Waals surface area (Å²) < 4.78 is 0.402. The van der Waals surface area contributed by atoms with Crippen molar-refractivity contribution in [2.45, 2.75) is 64.9 Å². The summed E-state index contributed by atoms with van der Waals surface area (Å²) in [5.41, 5.74) is 1.71. The van der Waals surface area contributed by atoms with Gasteiger partial charge in [-0.3, -0.25) is 4.90 Å². The largest absolute Gasteiger partial charge is 0.307 e. The highest BCUT2D eigenvalue weighted by molar-refractivity contribution is 8.00. The Hall–Kier alpha value is -0.0300. The van der Waals surface area contributed by atoms with E-state index in [9.17, 15) is 0 Å². The average Bonchev–Trinajstić information content (AvgIpc) is 2.66. The Labute approximate surface area is 138 Å². The molecular weight excluding hydrogens is 296 g/mol. The van der Waals surface area contributed by atoms with Crippen molar-refractivity contribution in [3.63, 3.8) is 0 Å². The zero-order valence-corrected chi connectivity index (χ0v) is 16.0. The van der Waals surface area contributed by atoms with Crippen LogP contribution in [0.3, 0.4) is 0 Å². The standard InChI is InChI=1S/C17H30N2S2/c1-13-14(9-15(21-13)10-18-16(2,3)4)11-19-7-8-20-17(5,6)12-19/h9,18H,7-8,10-12H2,1-6H3. The maximum Gasteiger partial charge on any atom is 0.0304 e. The molecule has 1 aliphatic heterocycles. The van der Waals surface area contributed by atoms with Gasteiger partial charge in [-0.1, -0.05) is 0 Å². The molecule has 1 fully saturated rings. The molecule has 1 saturated heterocycles. The van der Waals surface area contributed by atoms with Crippen molar-refractivity contribution in [1.82, 2.24) is 10.2 Å². The average molecular weight is 327 g/mol. The minimum Gasteiger partial charge on any atom is -0.307 e. The van der Waals surface area contributed by atoms with E-state index in [1.54, 1.807) is 0 Å². The molecule has 2 heterocycles. The molecule has 1 aromatic heterocycles. The van der Waals surface area contributed by atoms with E-state index in [1.165, 1.54) is 34.2 Å². The Morgan fingerprint density at radius 2 is 2.05 bits per heavy atom. The summed E-state index contributed by atoms with van der Waals surface area (Å²) in [6, 6.07) is 2.41. The van der Waals surface area contributed by atoms with Crippen LogP contribution in [0.25, 0.3) is 0 Å². The van der Waals surface area contributed by atoms with Crippen molar-refractivity contribution in [1.29, 1.82) is 0 Å². The number of rotatable bonds is 4. The summed E-state index contributed by atoms with van der Waals surface area (Å²) in [7, 11) is 0. The number of hydrogen-bond acceptors (Lipinski definition) is 4. The molecule has 0 radical (unpaired) electrons. The van der Waals surface area contributed by atoms with E-state index in [0.29, 0.717) is 4.75 Å². The number of nitrogens with one attached hydrogen (secondary N) is 1. The molecule has 1 aliphatic rings. The third-order valence-electron chi connectivity index (χ3n) is 3.76. The molecule has 1 N–H and O–H groups in total. The number of thioether (sulfide) groups is 1. The number of hydrogen-bond donors (Lipinski definition) is 1. The maximum absolute atomic E-state index is 3.59. The first kappa shape index (κ1) is 17.3. The molecule has 0 saturated carbocycles. The fourth-order valence-corrected chi connectivity index (χ4v) is 4.84. The van der Waals surface area contributed by atoms with Gasteiger partial charge >= 0.3 is 0 Å². The van der Waals surface area contributed by atoms with E-state index >= 15 is 0 Å². The van der Waals surface area contributed by atoms with Gasteiger partial charge < -0.3 is 5.32 Å². The van der Waals surface area contributed by atoms with Crippen LogP contribution < -0.4 is 5.32 Å². The smallest absolute Gasteiger partial charge is 0.0304 e. The Kier molecular flexibility index (Phi) is 5.45. The highest BCUT2D eigenvalue weighted by Crippen LogP contribution is 2.31. The summed E-state index contributed by atoms with van der Waals surface area (Å²) in [4.78, 5) is 5.56. The molecule has 0 bridgehead atoms. The number of nitrogens with zero attached hydrogens (tertiary/aromatic N) is 1. The minimum atomic E-state index is 0.187. The van der Waals surface area contributed by atoms with Gasteiger partial charge in [0.05, 0.1) is 0 Å². The molecule has 21 heavy (non-hydrogen) atoms. The van der Waals surface area contributed by atoms with Gasteiger partial charge in [-0.05, 0) is 53.2 Å². The van der Waals surface area contributed by atoms with Crippen molar-refractivity contribution < 1.29 is 0 Å². The summed E-state index contributed by atoms with van der Waals surface area (Å²) >= 11 is 4.06. The van der Waals surface area contributed by atoms with Crippen LogP contribution >= 0.6 is 23.1 Å². The second-order valence-corrected chi connectivity index (χ2v) is 10.9. The van der Waals surface area contributed by atoms with E-state index in [-0.39, 0.29) is 5.54 Å². The van der Waals surface area contributed by atoms with E-state index in [2.05, 4.69) is 69.6 Å². The van der Waals surface area contributed by atoms with Gasteiger partial charge in [0.1, 0.15) is 0 Å². The van der Waals surface area contributed by atoms with Gasteiger partial charge in [-0.15, -0.1) is 11.3 Å². The molecular formula is C17H30N2S2. The van der Waals surface area contributed by atoms with Gasteiger partial charge in [-0.2, -0.15) is 11.8 Å². The molecule has 2 nitrogen and oxygen atoms in total. The number of thiophene rings is 1. The molecule has 0 aromatic carbocycles. The van der Waals surface area contributed by atoms with Crippen LogP contribution in [0.4, 0.5) is 0 Å². The monoisotopic (exact) mass is 326 g/mol.